The van der Waals surface area contributed by atoms with Crippen molar-refractivity contribution in [3.8, 4) is 17.2 Å². The molecule has 1 N–H and O–H groups in total. The SMILES string of the molecule is COc1cc(CN2CCC[C@H](n3cc(C(=O)NC4CCCC4)nn3)C2)cc2c1OCO2. The summed E-state index contributed by atoms with van der Waals surface area (Å²) in [6, 6.07) is 4.51. The molecule has 1 saturated carbocycles. The Morgan fingerprint density at radius 3 is 2.94 bits per heavy atom. The summed E-state index contributed by atoms with van der Waals surface area (Å²) in [7, 11) is 1.64. The van der Waals surface area contributed by atoms with Crippen LogP contribution >= 0.6 is 0 Å². The number of hydrogen-bond donors (Lipinski definition) is 1. The van der Waals surface area contributed by atoms with Crippen molar-refractivity contribution < 1.29 is 19.0 Å². The Hall–Kier alpha value is -2.81. The van der Waals surface area contributed by atoms with Gasteiger partial charge in [0.15, 0.2) is 17.2 Å². The highest BCUT2D eigenvalue weighted by Gasteiger charge is 2.26. The van der Waals surface area contributed by atoms with Gasteiger partial charge in [0.05, 0.1) is 19.3 Å². The second kappa shape index (κ2) is 8.74. The van der Waals surface area contributed by atoms with E-state index in [1.165, 1.54) is 12.8 Å². The number of likely N-dealkylation sites (tertiary alicyclic amines) is 1. The second-order valence-electron chi connectivity index (χ2n) is 8.60. The summed E-state index contributed by atoms with van der Waals surface area (Å²) in [6.07, 6.45) is 8.37. The molecule has 0 unspecified atom stereocenters. The van der Waals surface area contributed by atoms with Crippen molar-refractivity contribution >= 4 is 5.91 Å². The molecular formula is C22H29N5O4. The number of rotatable bonds is 6. The van der Waals surface area contributed by atoms with Crippen molar-refractivity contribution in [3.05, 3.63) is 29.6 Å². The molecule has 2 aliphatic heterocycles. The van der Waals surface area contributed by atoms with Crippen molar-refractivity contribution in [1.29, 1.82) is 0 Å². The van der Waals surface area contributed by atoms with E-state index in [0.717, 1.165) is 56.6 Å². The minimum absolute atomic E-state index is 0.113. The van der Waals surface area contributed by atoms with E-state index in [4.69, 9.17) is 14.2 Å². The van der Waals surface area contributed by atoms with Gasteiger partial charge in [-0.1, -0.05) is 18.1 Å². The molecule has 1 aliphatic carbocycles. The Bertz CT molecular complexity index is 940. The average Bonchev–Trinajstić information content (AvgIpc) is 3.54. The summed E-state index contributed by atoms with van der Waals surface area (Å²) in [6.45, 7) is 2.87. The lowest BCUT2D eigenvalue weighted by Gasteiger charge is -2.32. The molecule has 0 spiro atoms. The number of aromatic nitrogens is 3. The number of nitrogens with one attached hydrogen (secondary N) is 1. The molecule has 31 heavy (non-hydrogen) atoms. The van der Waals surface area contributed by atoms with E-state index in [9.17, 15) is 4.79 Å². The molecule has 0 radical (unpaired) electrons. The fraction of sp³-hybridized carbons (Fsp3) is 0.591. The van der Waals surface area contributed by atoms with Crippen LogP contribution in [0.3, 0.4) is 0 Å². The molecule has 0 bridgehead atoms. The van der Waals surface area contributed by atoms with Gasteiger partial charge in [-0.3, -0.25) is 9.69 Å². The molecule has 1 aromatic heterocycles. The first kappa shape index (κ1) is 20.1. The zero-order valence-corrected chi connectivity index (χ0v) is 17.9. The van der Waals surface area contributed by atoms with Crippen molar-refractivity contribution in [2.24, 2.45) is 0 Å². The maximum atomic E-state index is 12.5. The molecule has 2 aromatic rings. The normalized spacial score (nSPS) is 21.4. The van der Waals surface area contributed by atoms with E-state index in [-0.39, 0.29) is 24.8 Å². The molecule has 1 atom stereocenters. The number of fused-ring (bicyclic) bond motifs is 1. The van der Waals surface area contributed by atoms with Gasteiger partial charge in [0, 0.05) is 19.1 Å². The Balaban J connectivity index is 1.23. The van der Waals surface area contributed by atoms with Gasteiger partial charge < -0.3 is 19.5 Å². The highest BCUT2D eigenvalue weighted by molar-refractivity contribution is 5.92. The molecule has 3 aliphatic rings. The van der Waals surface area contributed by atoms with Crippen LogP contribution in [0.25, 0.3) is 0 Å². The monoisotopic (exact) mass is 427 g/mol. The molecule has 3 heterocycles. The van der Waals surface area contributed by atoms with Crippen LogP contribution in [-0.4, -0.2) is 58.8 Å². The quantitative estimate of drug-likeness (QED) is 0.757. The summed E-state index contributed by atoms with van der Waals surface area (Å²) in [4.78, 5) is 14.9. The number of hydrogen-bond acceptors (Lipinski definition) is 7. The molecule has 1 aromatic carbocycles. The molecule has 9 heteroatoms. The number of carbonyl (C=O) groups excluding carboxylic acids is 1. The molecule has 166 valence electrons. The van der Waals surface area contributed by atoms with E-state index in [1.54, 1.807) is 13.3 Å². The van der Waals surface area contributed by atoms with Gasteiger partial charge in [-0.25, -0.2) is 4.68 Å². The predicted octanol–water partition coefficient (Wildman–Crippen LogP) is 2.52. The summed E-state index contributed by atoms with van der Waals surface area (Å²) < 4.78 is 18.4. The molecular weight excluding hydrogens is 398 g/mol. The fourth-order valence-corrected chi connectivity index (χ4v) is 4.81. The molecule has 1 amide bonds. The van der Waals surface area contributed by atoms with Crippen molar-refractivity contribution in [2.45, 2.75) is 57.2 Å². The third-order valence-corrected chi connectivity index (χ3v) is 6.41. The van der Waals surface area contributed by atoms with Gasteiger partial charge in [-0.2, -0.15) is 0 Å². The fourth-order valence-electron chi connectivity index (χ4n) is 4.81. The van der Waals surface area contributed by atoms with E-state index in [2.05, 4.69) is 20.5 Å². The van der Waals surface area contributed by atoms with Crippen LogP contribution in [0, 0.1) is 0 Å². The van der Waals surface area contributed by atoms with E-state index in [0.29, 0.717) is 17.2 Å². The van der Waals surface area contributed by atoms with Gasteiger partial charge in [0.2, 0.25) is 12.5 Å². The van der Waals surface area contributed by atoms with E-state index in [1.807, 2.05) is 16.8 Å². The number of nitrogens with zero attached hydrogens (tertiary/aromatic N) is 4. The Kier molecular flexibility index (Phi) is 5.67. The summed E-state index contributed by atoms with van der Waals surface area (Å²) >= 11 is 0. The number of ether oxygens (including phenoxy) is 3. The van der Waals surface area contributed by atoms with Gasteiger partial charge in [-0.15, -0.1) is 5.10 Å². The maximum absolute atomic E-state index is 12.5. The van der Waals surface area contributed by atoms with Crippen LogP contribution in [0.2, 0.25) is 0 Å². The van der Waals surface area contributed by atoms with Gasteiger partial charge >= 0.3 is 0 Å². The highest BCUT2D eigenvalue weighted by Crippen LogP contribution is 2.42. The van der Waals surface area contributed by atoms with Gasteiger partial charge in [0.25, 0.3) is 5.91 Å². The molecule has 9 nitrogen and oxygen atoms in total. The van der Waals surface area contributed by atoms with Crippen LogP contribution in [0.5, 0.6) is 17.2 Å². The average molecular weight is 428 g/mol. The van der Waals surface area contributed by atoms with Crippen LogP contribution in [0.4, 0.5) is 0 Å². The smallest absolute Gasteiger partial charge is 0.273 e. The lowest BCUT2D eigenvalue weighted by atomic mass is 10.0. The Morgan fingerprint density at radius 2 is 2.10 bits per heavy atom. The zero-order valence-electron chi connectivity index (χ0n) is 17.9. The summed E-state index contributed by atoms with van der Waals surface area (Å²) in [5, 5.41) is 11.5. The number of methoxy groups -OCH3 is 1. The first-order chi connectivity index (χ1) is 15.2. The second-order valence-corrected chi connectivity index (χ2v) is 8.60. The molecule has 5 rings (SSSR count). The number of benzene rings is 1. The first-order valence-corrected chi connectivity index (χ1v) is 11.1. The van der Waals surface area contributed by atoms with Crippen molar-refractivity contribution in [2.75, 3.05) is 27.0 Å². The maximum Gasteiger partial charge on any atom is 0.273 e. The third-order valence-electron chi connectivity index (χ3n) is 6.41. The molecule has 2 fully saturated rings. The van der Waals surface area contributed by atoms with E-state index < -0.39 is 0 Å². The predicted molar refractivity (Wildman–Crippen MR) is 112 cm³/mol. The number of piperidine rings is 1. The highest BCUT2D eigenvalue weighted by atomic mass is 16.7. The third kappa shape index (κ3) is 4.32. The lowest BCUT2D eigenvalue weighted by molar-refractivity contribution is 0.0932. The standard InChI is InChI=1S/C22H29N5O4/c1-29-19-9-15(10-20-21(19)31-14-30-20)11-26-8-4-7-17(12-26)27-13-18(24-25-27)22(28)23-16-5-2-3-6-16/h9-10,13,16-17H,2-8,11-12,14H2,1H3,(H,23,28)/t17-/m0/s1. The zero-order chi connectivity index (χ0) is 21.2. The van der Waals surface area contributed by atoms with Gasteiger partial charge in [0.1, 0.15) is 0 Å². The van der Waals surface area contributed by atoms with Crippen molar-refractivity contribution in [3.63, 3.8) is 0 Å². The first-order valence-electron chi connectivity index (χ1n) is 11.1. The van der Waals surface area contributed by atoms with Crippen molar-refractivity contribution in [1.82, 2.24) is 25.2 Å². The minimum Gasteiger partial charge on any atom is -0.493 e. The largest absolute Gasteiger partial charge is 0.493 e. The van der Waals surface area contributed by atoms with Crippen LogP contribution in [0.15, 0.2) is 18.3 Å². The van der Waals surface area contributed by atoms with E-state index >= 15 is 0 Å². The van der Waals surface area contributed by atoms with Crippen LogP contribution in [-0.2, 0) is 6.54 Å². The van der Waals surface area contributed by atoms with Crippen LogP contribution in [0.1, 0.15) is 60.6 Å². The Labute approximate surface area is 181 Å². The lowest BCUT2D eigenvalue weighted by Crippen LogP contribution is -2.36. The van der Waals surface area contributed by atoms with Crippen LogP contribution < -0.4 is 19.5 Å². The Morgan fingerprint density at radius 1 is 1.23 bits per heavy atom. The molecule has 1 saturated heterocycles. The number of amides is 1. The minimum atomic E-state index is -0.113. The summed E-state index contributed by atoms with van der Waals surface area (Å²) in [5.41, 5.74) is 1.53. The van der Waals surface area contributed by atoms with Gasteiger partial charge in [-0.05, 0) is 49.9 Å². The topological polar surface area (TPSA) is 90.7 Å². The number of carbonyl (C=O) groups is 1. The summed E-state index contributed by atoms with van der Waals surface area (Å²) in [5.74, 6) is 2.00.